The molecule has 7 heteroatoms. The summed E-state index contributed by atoms with van der Waals surface area (Å²) >= 11 is 0. The summed E-state index contributed by atoms with van der Waals surface area (Å²) in [5.41, 5.74) is 0.553. The van der Waals surface area contributed by atoms with Crippen LogP contribution in [0.25, 0.3) is 27.5 Å². The van der Waals surface area contributed by atoms with Crippen LogP contribution in [0.1, 0.15) is 10.4 Å². The van der Waals surface area contributed by atoms with Crippen molar-refractivity contribution in [2.75, 3.05) is 0 Å². The molecule has 2 aromatic carbocycles. The molecule has 0 aliphatic heterocycles. The number of benzene rings is 2. The standard InChI is InChI=1S/C18H9F3N2O2/c19-12-2-1-3-14-15(12)16(20)17(21)23(14)9-4-5-13-11(8-9)10(18(24)25)6-7-22-13/h1-8H,(H,24,25). The molecule has 0 amide bonds. The van der Waals surface area contributed by atoms with Crippen LogP contribution in [0.3, 0.4) is 0 Å². The van der Waals surface area contributed by atoms with Crippen LogP contribution in [0.4, 0.5) is 13.2 Å². The summed E-state index contributed by atoms with van der Waals surface area (Å²) in [6, 6.07) is 9.45. The molecule has 4 nitrogen and oxygen atoms in total. The Bertz CT molecular complexity index is 1170. The molecule has 0 radical (unpaired) electrons. The first-order valence-electron chi connectivity index (χ1n) is 7.25. The van der Waals surface area contributed by atoms with E-state index in [2.05, 4.69) is 4.98 Å². The molecule has 4 aromatic rings. The van der Waals surface area contributed by atoms with Gasteiger partial charge in [0.25, 0.3) is 0 Å². The number of aromatic carboxylic acids is 1. The summed E-state index contributed by atoms with van der Waals surface area (Å²) in [6.07, 6.45) is 1.35. The van der Waals surface area contributed by atoms with Gasteiger partial charge in [-0.2, -0.15) is 4.39 Å². The van der Waals surface area contributed by atoms with Crippen molar-refractivity contribution in [2.24, 2.45) is 0 Å². The van der Waals surface area contributed by atoms with Crippen molar-refractivity contribution in [3.63, 3.8) is 0 Å². The third-order valence-electron chi connectivity index (χ3n) is 4.04. The third kappa shape index (κ3) is 2.16. The zero-order valence-electron chi connectivity index (χ0n) is 12.5. The predicted octanol–water partition coefficient (Wildman–Crippen LogP) is 4.29. The zero-order chi connectivity index (χ0) is 17.7. The quantitative estimate of drug-likeness (QED) is 0.591. The highest BCUT2D eigenvalue weighted by atomic mass is 19.2. The number of pyridine rings is 1. The maximum absolute atomic E-state index is 14.4. The monoisotopic (exact) mass is 342 g/mol. The summed E-state index contributed by atoms with van der Waals surface area (Å²) in [5.74, 6) is -4.58. The third-order valence-corrected chi connectivity index (χ3v) is 4.04. The van der Waals surface area contributed by atoms with E-state index in [1.54, 1.807) is 0 Å². The number of carbonyl (C=O) groups is 1. The van der Waals surface area contributed by atoms with Crippen LogP contribution < -0.4 is 0 Å². The van der Waals surface area contributed by atoms with E-state index in [4.69, 9.17) is 0 Å². The molecule has 0 bridgehead atoms. The Hall–Kier alpha value is -3.35. The summed E-state index contributed by atoms with van der Waals surface area (Å²) in [5, 5.41) is 9.11. The zero-order valence-corrected chi connectivity index (χ0v) is 12.5. The number of rotatable bonds is 2. The van der Waals surface area contributed by atoms with Gasteiger partial charge in [-0.25, -0.2) is 13.6 Å². The summed E-state index contributed by atoms with van der Waals surface area (Å²) in [4.78, 5) is 15.4. The predicted molar refractivity (Wildman–Crippen MR) is 85.4 cm³/mol. The Morgan fingerprint density at radius 2 is 1.88 bits per heavy atom. The maximum Gasteiger partial charge on any atom is 0.336 e. The molecule has 2 aromatic heterocycles. The van der Waals surface area contributed by atoms with Crippen molar-refractivity contribution in [2.45, 2.75) is 0 Å². The number of nitrogens with zero attached hydrogens (tertiary/aromatic N) is 2. The minimum atomic E-state index is -1.29. The van der Waals surface area contributed by atoms with E-state index in [0.717, 1.165) is 10.6 Å². The Morgan fingerprint density at radius 1 is 1.08 bits per heavy atom. The van der Waals surface area contributed by atoms with Crippen LogP contribution in [0, 0.1) is 17.6 Å². The Morgan fingerprint density at radius 3 is 2.64 bits per heavy atom. The van der Waals surface area contributed by atoms with E-state index in [1.165, 1.54) is 42.6 Å². The maximum atomic E-state index is 14.4. The van der Waals surface area contributed by atoms with E-state index >= 15 is 0 Å². The summed E-state index contributed by atoms with van der Waals surface area (Å²) in [7, 11) is 0. The van der Waals surface area contributed by atoms with Crippen LogP contribution in [0.5, 0.6) is 0 Å². The minimum absolute atomic E-state index is 0.00937. The van der Waals surface area contributed by atoms with Gasteiger partial charge in [0, 0.05) is 17.3 Å². The average molecular weight is 342 g/mol. The number of carboxylic acids is 1. The molecule has 2 heterocycles. The first-order valence-corrected chi connectivity index (χ1v) is 7.25. The van der Waals surface area contributed by atoms with Crippen molar-refractivity contribution in [1.82, 2.24) is 9.55 Å². The molecule has 0 saturated carbocycles. The van der Waals surface area contributed by atoms with E-state index in [1.807, 2.05) is 0 Å². The highest BCUT2D eigenvalue weighted by Gasteiger charge is 2.21. The summed E-state index contributed by atoms with van der Waals surface area (Å²) < 4.78 is 43.4. The lowest BCUT2D eigenvalue weighted by Gasteiger charge is -2.09. The molecular weight excluding hydrogens is 333 g/mol. The largest absolute Gasteiger partial charge is 0.478 e. The van der Waals surface area contributed by atoms with E-state index in [9.17, 15) is 23.1 Å². The van der Waals surface area contributed by atoms with Gasteiger partial charge < -0.3 is 5.11 Å². The molecule has 124 valence electrons. The van der Waals surface area contributed by atoms with Gasteiger partial charge in [-0.05, 0) is 36.4 Å². The summed E-state index contributed by atoms with van der Waals surface area (Å²) in [6.45, 7) is 0. The fourth-order valence-electron chi connectivity index (χ4n) is 2.94. The van der Waals surface area contributed by atoms with Gasteiger partial charge in [0.2, 0.25) is 5.95 Å². The minimum Gasteiger partial charge on any atom is -0.478 e. The lowest BCUT2D eigenvalue weighted by molar-refractivity contribution is 0.0699. The van der Waals surface area contributed by atoms with Gasteiger partial charge in [0.1, 0.15) is 5.82 Å². The van der Waals surface area contributed by atoms with Gasteiger partial charge in [-0.1, -0.05) is 6.07 Å². The second kappa shape index (κ2) is 5.34. The first kappa shape index (κ1) is 15.2. The van der Waals surface area contributed by atoms with Crippen LogP contribution in [-0.2, 0) is 0 Å². The molecule has 0 atom stereocenters. The van der Waals surface area contributed by atoms with Crippen LogP contribution in [0.15, 0.2) is 48.7 Å². The van der Waals surface area contributed by atoms with Crippen LogP contribution in [0.2, 0.25) is 0 Å². The van der Waals surface area contributed by atoms with E-state index < -0.39 is 28.9 Å². The lowest BCUT2D eigenvalue weighted by atomic mass is 10.1. The van der Waals surface area contributed by atoms with Crippen molar-refractivity contribution >= 4 is 27.8 Å². The number of aromatic nitrogens is 2. The second-order valence-corrected chi connectivity index (χ2v) is 5.44. The van der Waals surface area contributed by atoms with Crippen molar-refractivity contribution in [1.29, 1.82) is 0 Å². The fourth-order valence-corrected chi connectivity index (χ4v) is 2.94. The second-order valence-electron chi connectivity index (χ2n) is 5.44. The number of halogens is 3. The SMILES string of the molecule is O=C(O)c1ccnc2ccc(-n3c(F)c(F)c4c(F)cccc43)cc12. The van der Waals surface area contributed by atoms with Crippen LogP contribution >= 0.6 is 0 Å². The Labute approximate surface area is 138 Å². The van der Waals surface area contributed by atoms with Gasteiger partial charge >= 0.3 is 5.97 Å². The average Bonchev–Trinajstić information content (AvgIpc) is 2.86. The number of fused-ring (bicyclic) bond motifs is 2. The molecule has 0 aliphatic carbocycles. The van der Waals surface area contributed by atoms with Gasteiger partial charge in [-0.3, -0.25) is 9.55 Å². The lowest BCUT2D eigenvalue weighted by Crippen LogP contribution is -2.01. The molecule has 0 spiro atoms. The first-order chi connectivity index (χ1) is 12.0. The number of carboxylic acid groups (broad SMARTS) is 1. The van der Waals surface area contributed by atoms with E-state index in [0.29, 0.717) is 5.52 Å². The van der Waals surface area contributed by atoms with E-state index in [-0.39, 0.29) is 22.2 Å². The molecular formula is C18H9F3N2O2. The fraction of sp³-hybridized carbons (Fsp3) is 0. The van der Waals surface area contributed by atoms with Gasteiger partial charge in [-0.15, -0.1) is 0 Å². The molecule has 0 fully saturated rings. The van der Waals surface area contributed by atoms with Gasteiger partial charge in [0.15, 0.2) is 5.82 Å². The molecule has 0 aliphatic rings. The Balaban J connectivity index is 2.08. The topological polar surface area (TPSA) is 55.1 Å². The highest BCUT2D eigenvalue weighted by Crippen LogP contribution is 2.30. The van der Waals surface area contributed by atoms with Crippen LogP contribution in [-0.4, -0.2) is 20.6 Å². The molecule has 4 rings (SSSR count). The van der Waals surface area contributed by atoms with Crippen molar-refractivity contribution in [3.05, 3.63) is 71.8 Å². The Kier molecular flexibility index (Phi) is 3.24. The molecule has 1 N–H and O–H groups in total. The molecule has 0 unspecified atom stereocenters. The molecule has 0 saturated heterocycles. The van der Waals surface area contributed by atoms with Gasteiger partial charge in [0.05, 0.1) is 22.0 Å². The number of hydrogen-bond acceptors (Lipinski definition) is 2. The van der Waals surface area contributed by atoms with Crippen molar-refractivity contribution in [3.8, 4) is 5.69 Å². The van der Waals surface area contributed by atoms with Crippen molar-refractivity contribution < 1.29 is 23.1 Å². The highest BCUT2D eigenvalue weighted by molar-refractivity contribution is 6.03. The normalized spacial score (nSPS) is 11.3. The number of hydrogen-bond donors (Lipinski definition) is 1. The smallest absolute Gasteiger partial charge is 0.336 e. The molecule has 25 heavy (non-hydrogen) atoms.